The third-order valence-corrected chi connectivity index (χ3v) is 5.29. The van der Waals surface area contributed by atoms with Crippen LogP contribution in [0.25, 0.3) is 0 Å². The predicted octanol–water partition coefficient (Wildman–Crippen LogP) is 1.15. The molecule has 7 heteroatoms. The molecule has 2 amide bonds. The molecule has 6 nitrogen and oxygen atoms in total. The van der Waals surface area contributed by atoms with Gasteiger partial charge in [-0.05, 0) is 36.3 Å². The lowest BCUT2D eigenvalue weighted by molar-refractivity contribution is -0.143. The van der Waals surface area contributed by atoms with Gasteiger partial charge in [-0.3, -0.25) is 9.59 Å². The van der Waals surface area contributed by atoms with Crippen LogP contribution in [-0.2, 0) is 27.3 Å². The van der Waals surface area contributed by atoms with E-state index in [1.165, 1.54) is 10.4 Å². The SMILES string of the molecule is O=C(CCC(=O)N1CCc2sccc2C1)NC1(C(=O)O)CC1. The summed E-state index contributed by atoms with van der Waals surface area (Å²) in [4.78, 5) is 38.1. The Morgan fingerprint density at radius 3 is 2.77 bits per heavy atom. The summed E-state index contributed by atoms with van der Waals surface area (Å²) in [6, 6.07) is 2.04. The molecule has 1 aromatic heterocycles. The van der Waals surface area contributed by atoms with Crippen molar-refractivity contribution in [3.05, 3.63) is 21.9 Å². The molecule has 1 aromatic rings. The van der Waals surface area contributed by atoms with Crippen molar-refractivity contribution in [2.24, 2.45) is 0 Å². The average Bonchev–Trinajstić information content (AvgIpc) is 3.12. The number of carbonyl (C=O) groups is 3. The van der Waals surface area contributed by atoms with Crippen LogP contribution in [0, 0.1) is 0 Å². The number of nitrogens with one attached hydrogen (secondary N) is 1. The van der Waals surface area contributed by atoms with Gasteiger partial charge in [0, 0.05) is 30.8 Å². The monoisotopic (exact) mass is 322 g/mol. The van der Waals surface area contributed by atoms with E-state index in [4.69, 9.17) is 5.11 Å². The average molecular weight is 322 g/mol. The number of fused-ring (bicyclic) bond motifs is 1. The lowest BCUT2D eigenvalue weighted by Gasteiger charge is -2.27. The highest BCUT2D eigenvalue weighted by molar-refractivity contribution is 7.10. The highest BCUT2D eigenvalue weighted by atomic mass is 32.1. The number of aliphatic carboxylic acids is 1. The summed E-state index contributed by atoms with van der Waals surface area (Å²) in [6.45, 7) is 1.30. The zero-order valence-corrected chi connectivity index (χ0v) is 12.9. The van der Waals surface area contributed by atoms with Crippen molar-refractivity contribution in [2.45, 2.75) is 44.2 Å². The number of amides is 2. The summed E-state index contributed by atoms with van der Waals surface area (Å²) in [5, 5.41) is 13.6. The van der Waals surface area contributed by atoms with Crippen LogP contribution >= 0.6 is 11.3 Å². The number of nitrogens with zero attached hydrogens (tertiary/aromatic N) is 1. The van der Waals surface area contributed by atoms with E-state index in [2.05, 4.69) is 5.32 Å². The van der Waals surface area contributed by atoms with E-state index in [-0.39, 0.29) is 24.7 Å². The summed E-state index contributed by atoms with van der Waals surface area (Å²) in [7, 11) is 0. The van der Waals surface area contributed by atoms with Gasteiger partial charge in [0.2, 0.25) is 11.8 Å². The lowest BCUT2D eigenvalue weighted by Crippen LogP contribution is -2.43. The van der Waals surface area contributed by atoms with E-state index in [1.807, 2.05) is 11.4 Å². The van der Waals surface area contributed by atoms with Gasteiger partial charge in [0.05, 0.1) is 0 Å². The van der Waals surface area contributed by atoms with Crippen molar-refractivity contribution in [2.75, 3.05) is 6.54 Å². The Bertz CT molecular complexity index is 621. The molecule has 0 unspecified atom stereocenters. The summed E-state index contributed by atoms with van der Waals surface area (Å²) >= 11 is 1.72. The van der Waals surface area contributed by atoms with Crippen LogP contribution in [0.3, 0.4) is 0 Å². The second-order valence-corrected chi connectivity index (χ2v) is 6.87. The normalized spacial score (nSPS) is 18.5. The Kier molecular flexibility index (Phi) is 3.90. The highest BCUT2D eigenvalue weighted by Crippen LogP contribution is 2.35. The number of carboxylic acids is 1. The van der Waals surface area contributed by atoms with Crippen molar-refractivity contribution >= 4 is 29.1 Å². The van der Waals surface area contributed by atoms with Gasteiger partial charge >= 0.3 is 5.97 Å². The molecule has 0 spiro atoms. The van der Waals surface area contributed by atoms with Crippen molar-refractivity contribution in [1.29, 1.82) is 0 Å². The van der Waals surface area contributed by atoms with Gasteiger partial charge in [0.25, 0.3) is 0 Å². The molecule has 118 valence electrons. The van der Waals surface area contributed by atoms with Gasteiger partial charge in [-0.25, -0.2) is 4.79 Å². The minimum absolute atomic E-state index is 0.0425. The largest absolute Gasteiger partial charge is 0.480 e. The van der Waals surface area contributed by atoms with E-state index < -0.39 is 11.5 Å². The first-order valence-corrected chi connectivity index (χ1v) is 8.25. The molecule has 22 heavy (non-hydrogen) atoms. The fourth-order valence-corrected chi connectivity index (χ4v) is 3.58. The van der Waals surface area contributed by atoms with Gasteiger partial charge in [0.15, 0.2) is 0 Å². The third-order valence-electron chi connectivity index (χ3n) is 4.26. The molecule has 2 N–H and O–H groups in total. The van der Waals surface area contributed by atoms with E-state index in [0.717, 1.165) is 6.42 Å². The molecule has 1 saturated carbocycles. The Balaban J connectivity index is 1.47. The van der Waals surface area contributed by atoms with Crippen molar-refractivity contribution in [3.8, 4) is 0 Å². The Hall–Kier alpha value is -1.89. The smallest absolute Gasteiger partial charge is 0.329 e. The summed E-state index contributed by atoms with van der Waals surface area (Å²) in [5.41, 5.74) is 0.119. The number of carboxylic acid groups (broad SMARTS) is 1. The minimum Gasteiger partial charge on any atom is -0.480 e. The molecule has 0 bridgehead atoms. The second-order valence-electron chi connectivity index (χ2n) is 5.87. The molecule has 1 aliphatic heterocycles. The molecule has 0 aromatic carbocycles. The first-order valence-electron chi connectivity index (χ1n) is 7.38. The van der Waals surface area contributed by atoms with Crippen LogP contribution in [0.2, 0.25) is 0 Å². The zero-order valence-electron chi connectivity index (χ0n) is 12.1. The molecule has 1 fully saturated rings. The second kappa shape index (κ2) is 5.72. The van der Waals surface area contributed by atoms with Gasteiger partial charge in [-0.2, -0.15) is 0 Å². The molecule has 1 aliphatic carbocycles. The van der Waals surface area contributed by atoms with Crippen molar-refractivity contribution in [3.63, 3.8) is 0 Å². The van der Waals surface area contributed by atoms with E-state index in [0.29, 0.717) is 25.9 Å². The predicted molar refractivity (Wildman–Crippen MR) is 80.4 cm³/mol. The zero-order chi connectivity index (χ0) is 15.7. The first kappa shape index (κ1) is 15.0. The molecule has 2 heterocycles. The van der Waals surface area contributed by atoms with Crippen LogP contribution in [-0.4, -0.2) is 39.9 Å². The van der Waals surface area contributed by atoms with Gasteiger partial charge in [-0.15, -0.1) is 11.3 Å². The molecular formula is C15H18N2O4S. The van der Waals surface area contributed by atoms with Crippen LogP contribution in [0.4, 0.5) is 0 Å². The van der Waals surface area contributed by atoms with Crippen LogP contribution in [0.15, 0.2) is 11.4 Å². The van der Waals surface area contributed by atoms with Crippen LogP contribution in [0.1, 0.15) is 36.1 Å². The maximum absolute atomic E-state index is 12.2. The number of hydrogen-bond donors (Lipinski definition) is 2. The summed E-state index contributed by atoms with van der Waals surface area (Å²) in [6.07, 6.45) is 1.97. The van der Waals surface area contributed by atoms with E-state index in [9.17, 15) is 14.4 Å². The maximum Gasteiger partial charge on any atom is 0.329 e. The fourth-order valence-electron chi connectivity index (χ4n) is 2.69. The Morgan fingerprint density at radius 1 is 1.32 bits per heavy atom. The van der Waals surface area contributed by atoms with Crippen molar-refractivity contribution in [1.82, 2.24) is 10.2 Å². The van der Waals surface area contributed by atoms with Crippen molar-refractivity contribution < 1.29 is 19.5 Å². The van der Waals surface area contributed by atoms with Crippen LogP contribution < -0.4 is 5.32 Å². The standard InChI is InChI=1S/C15H18N2O4S/c18-12(16-15(5-6-15)14(20)21)1-2-13(19)17-7-3-11-10(9-17)4-8-22-11/h4,8H,1-3,5-7,9H2,(H,16,18)(H,20,21). The summed E-state index contributed by atoms with van der Waals surface area (Å²) in [5.74, 6) is -1.40. The molecule has 2 aliphatic rings. The molecule has 0 radical (unpaired) electrons. The molecular weight excluding hydrogens is 304 g/mol. The molecule has 3 rings (SSSR count). The van der Waals surface area contributed by atoms with E-state index in [1.54, 1.807) is 16.2 Å². The van der Waals surface area contributed by atoms with Gasteiger partial charge < -0.3 is 15.3 Å². The van der Waals surface area contributed by atoms with E-state index >= 15 is 0 Å². The third kappa shape index (κ3) is 2.99. The minimum atomic E-state index is -1.07. The number of rotatable bonds is 5. The quantitative estimate of drug-likeness (QED) is 0.851. The maximum atomic E-state index is 12.2. The highest BCUT2D eigenvalue weighted by Gasteiger charge is 2.51. The molecule has 0 saturated heterocycles. The number of carbonyl (C=O) groups excluding carboxylic acids is 2. The van der Waals surface area contributed by atoms with Crippen LogP contribution in [0.5, 0.6) is 0 Å². The summed E-state index contributed by atoms with van der Waals surface area (Å²) < 4.78 is 0. The lowest BCUT2D eigenvalue weighted by atomic mass is 10.1. The Morgan fingerprint density at radius 2 is 2.09 bits per heavy atom. The Labute approximate surface area is 132 Å². The van der Waals surface area contributed by atoms with Gasteiger partial charge in [-0.1, -0.05) is 0 Å². The van der Waals surface area contributed by atoms with Gasteiger partial charge in [0.1, 0.15) is 5.54 Å². The topological polar surface area (TPSA) is 86.7 Å². The first-order chi connectivity index (χ1) is 10.5. The molecule has 0 atom stereocenters. The fraction of sp³-hybridized carbons (Fsp3) is 0.533. The number of thiophene rings is 1. The number of hydrogen-bond acceptors (Lipinski definition) is 4.